The summed E-state index contributed by atoms with van der Waals surface area (Å²) in [6.45, 7) is 4.28. The van der Waals surface area contributed by atoms with Gasteiger partial charge >= 0.3 is 0 Å². The molecule has 32 heavy (non-hydrogen) atoms. The molecule has 3 aromatic carbocycles. The van der Waals surface area contributed by atoms with Gasteiger partial charge in [0.05, 0.1) is 5.69 Å². The van der Waals surface area contributed by atoms with Crippen LogP contribution in [0.4, 0.5) is 5.69 Å². The average Bonchev–Trinajstić information content (AvgIpc) is 2.78. The highest BCUT2D eigenvalue weighted by Crippen LogP contribution is 2.31. The number of hydrogen-bond donors (Lipinski definition) is 1. The summed E-state index contributed by atoms with van der Waals surface area (Å²) in [5.74, 6) is -0.457. The number of aryl methyl sites for hydroxylation is 2. The summed E-state index contributed by atoms with van der Waals surface area (Å²) in [4.78, 5) is 26.6. The Hall–Kier alpha value is -3.63. The minimum Gasteiger partial charge on any atom is -0.340 e. The standard InChI is InChI=1S/C27H23ClN2O2/c1-18-10-6-9-15-23(18)29-27(32)25-24(31)16-19(2)30(17-20-11-4-3-5-12-20)26(25)21-13-7-8-14-22(21)28/h3-16H,17H2,1-2H3,(H,29,32). The van der Waals surface area contributed by atoms with Gasteiger partial charge in [-0.2, -0.15) is 0 Å². The molecule has 1 aromatic heterocycles. The zero-order valence-corrected chi connectivity index (χ0v) is 18.7. The van der Waals surface area contributed by atoms with Crippen LogP contribution in [0.15, 0.2) is 89.7 Å². The summed E-state index contributed by atoms with van der Waals surface area (Å²) < 4.78 is 1.98. The largest absolute Gasteiger partial charge is 0.340 e. The first kappa shape index (κ1) is 21.6. The van der Waals surface area contributed by atoms with Crippen LogP contribution in [0.5, 0.6) is 0 Å². The van der Waals surface area contributed by atoms with E-state index in [4.69, 9.17) is 11.6 Å². The molecule has 4 nitrogen and oxygen atoms in total. The van der Waals surface area contributed by atoms with Gasteiger partial charge in [0.25, 0.3) is 5.91 Å². The SMILES string of the molecule is Cc1ccccc1NC(=O)c1c(-c2ccccc2Cl)n(Cc2ccccc2)c(C)cc1=O. The predicted molar refractivity (Wildman–Crippen MR) is 131 cm³/mol. The van der Waals surface area contributed by atoms with E-state index in [1.54, 1.807) is 6.07 Å². The van der Waals surface area contributed by atoms with Crippen molar-refractivity contribution < 1.29 is 4.79 Å². The van der Waals surface area contributed by atoms with Gasteiger partial charge in [0.2, 0.25) is 0 Å². The van der Waals surface area contributed by atoms with E-state index in [9.17, 15) is 9.59 Å². The van der Waals surface area contributed by atoms with Crippen molar-refractivity contribution in [3.63, 3.8) is 0 Å². The van der Waals surface area contributed by atoms with Gasteiger partial charge in [-0.3, -0.25) is 9.59 Å². The topological polar surface area (TPSA) is 51.1 Å². The monoisotopic (exact) mass is 442 g/mol. The summed E-state index contributed by atoms with van der Waals surface area (Å²) in [6.07, 6.45) is 0. The van der Waals surface area contributed by atoms with Gasteiger partial charge in [0.1, 0.15) is 5.56 Å². The summed E-state index contributed by atoms with van der Waals surface area (Å²) in [6, 6.07) is 26.2. The van der Waals surface area contributed by atoms with Gasteiger partial charge in [-0.1, -0.05) is 78.3 Å². The van der Waals surface area contributed by atoms with E-state index in [0.29, 0.717) is 28.5 Å². The van der Waals surface area contributed by atoms with E-state index < -0.39 is 5.91 Å². The lowest BCUT2D eigenvalue weighted by Crippen LogP contribution is -2.27. The third-order valence-electron chi connectivity index (χ3n) is 5.45. The molecule has 0 aliphatic rings. The van der Waals surface area contributed by atoms with Crippen LogP contribution in [0.1, 0.15) is 27.2 Å². The second-order valence-corrected chi connectivity index (χ2v) is 8.10. The highest BCUT2D eigenvalue weighted by atomic mass is 35.5. The van der Waals surface area contributed by atoms with Gasteiger partial charge in [0.15, 0.2) is 5.43 Å². The third kappa shape index (κ3) is 4.36. The Kier molecular flexibility index (Phi) is 6.24. The molecule has 1 N–H and O–H groups in total. The molecule has 0 radical (unpaired) electrons. The zero-order valence-electron chi connectivity index (χ0n) is 17.9. The number of amides is 1. The molecule has 0 aliphatic carbocycles. The second-order valence-electron chi connectivity index (χ2n) is 7.69. The molecule has 4 rings (SSSR count). The van der Waals surface area contributed by atoms with Gasteiger partial charge in [-0.05, 0) is 37.1 Å². The van der Waals surface area contributed by atoms with Crippen LogP contribution in [0.25, 0.3) is 11.3 Å². The summed E-state index contributed by atoms with van der Waals surface area (Å²) in [7, 11) is 0. The molecule has 0 bridgehead atoms. The molecule has 0 spiro atoms. The summed E-state index contributed by atoms with van der Waals surface area (Å²) in [5, 5.41) is 3.39. The number of anilines is 1. The van der Waals surface area contributed by atoms with Crippen molar-refractivity contribution in [2.24, 2.45) is 0 Å². The Morgan fingerprint density at radius 2 is 1.56 bits per heavy atom. The van der Waals surface area contributed by atoms with Crippen molar-refractivity contribution >= 4 is 23.2 Å². The van der Waals surface area contributed by atoms with Crippen molar-refractivity contribution in [2.45, 2.75) is 20.4 Å². The molecule has 0 aliphatic heterocycles. The van der Waals surface area contributed by atoms with E-state index in [-0.39, 0.29) is 11.0 Å². The molecule has 0 atom stereocenters. The molecule has 1 heterocycles. The first-order chi connectivity index (χ1) is 15.5. The fourth-order valence-corrected chi connectivity index (χ4v) is 4.01. The van der Waals surface area contributed by atoms with Crippen LogP contribution in [0, 0.1) is 13.8 Å². The fourth-order valence-electron chi connectivity index (χ4n) is 3.79. The number of hydrogen-bond acceptors (Lipinski definition) is 2. The highest BCUT2D eigenvalue weighted by Gasteiger charge is 2.23. The maximum absolute atomic E-state index is 13.4. The van der Waals surface area contributed by atoms with Gasteiger partial charge in [0, 0.05) is 34.6 Å². The zero-order chi connectivity index (χ0) is 22.7. The van der Waals surface area contributed by atoms with E-state index in [1.165, 1.54) is 6.07 Å². The molecular formula is C27H23ClN2O2. The minimum atomic E-state index is -0.457. The molecule has 0 saturated heterocycles. The Morgan fingerprint density at radius 3 is 2.28 bits per heavy atom. The Morgan fingerprint density at radius 1 is 0.906 bits per heavy atom. The average molecular weight is 443 g/mol. The maximum Gasteiger partial charge on any atom is 0.261 e. The van der Waals surface area contributed by atoms with E-state index in [1.807, 2.05) is 91.2 Å². The van der Waals surface area contributed by atoms with Crippen LogP contribution in [-0.4, -0.2) is 10.5 Å². The number of halogens is 1. The number of aromatic nitrogens is 1. The Bertz CT molecular complexity index is 1340. The van der Waals surface area contributed by atoms with E-state index >= 15 is 0 Å². The van der Waals surface area contributed by atoms with E-state index in [0.717, 1.165) is 16.8 Å². The fraction of sp³-hybridized carbons (Fsp3) is 0.111. The number of benzene rings is 3. The minimum absolute atomic E-state index is 0.0721. The molecule has 1 amide bonds. The van der Waals surface area contributed by atoms with Crippen LogP contribution in [0.2, 0.25) is 5.02 Å². The lowest BCUT2D eigenvalue weighted by atomic mass is 10.0. The number of nitrogens with zero attached hydrogens (tertiary/aromatic N) is 1. The molecule has 0 unspecified atom stereocenters. The molecule has 160 valence electrons. The van der Waals surface area contributed by atoms with Crippen molar-refractivity contribution in [1.82, 2.24) is 4.57 Å². The third-order valence-corrected chi connectivity index (χ3v) is 5.78. The predicted octanol–water partition coefficient (Wildman–Crippen LogP) is 6.09. The van der Waals surface area contributed by atoms with Crippen molar-refractivity contribution in [2.75, 3.05) is 5.32 Å². The van der Waals surface area contributed by atoms with Crippen molar-refractivity contribution in [3.05, 3.63) is 123 Å². The number of carbonyl (C=O) groups excluding carboxylic acids is 1. The first-order valence-electron chi connectivity index (χ1n) is 10.4. The number of para-hydroxylation sites is 1. The van der Waals surface area contributed by atoms with Gasteiger partial charge < -0.3 is 9.88 Å². The Balaban J connectivity index is 1.94. The first-order valence-corrected chi connectivity index (χ1v) is 10.7. The smallest absolute Gasteiger partial charge is 0.261 e. The molecule has 0 saturated carbocycles. The van der Waals surface area contributed by atoms with Crippen LogP contribution in [-0.2, 0) is 6.54 Å². The van der Waals surface area contributed by atoms with Crippen LogP contribution < -0.4 is 10.7 Å². The molecule has 4 aromatic rings. The van der Waals surface area contributed by atoms with Crippen molar-refractivity contribution in [1.29, 1.82) is 0 Å². The number of nitrogens with one attached hydrogen (secondary N) is 1. The maximum atomic E-state index is 13.4. The summed E-state index contributed by atoms with van der Waals surface area (Å²) >= 11 is 6.55. The highest BCUT2D eigenvalue weighted by molar-refractivity contribution is 6.33. The number of rotatable bonds is 5. The molecular weight excluding hydrogens is 420 g/mol. The normalized spacial score (nSPS) is 10.7. The molecule has 0 fully saturated rings. The van der Waals surface area contributed by atoms with Gasteiger partial charge in [-0.25, -0.2) is 0 Å². The quantitative estimate of drug-likeness (QED) is 0.406. The van der Waals surface area contributed by atoms with Crippen molar-refractivity contribution in [3.8, 4) is 11.3 Å². The number of pyridine rings is 1. The van der Waals surface area contributed by atoms with Crippen LogP contribution >= 0.6 is 11.6 Å². The number of carbonyl (C=O) groups is 1. The lowest BCUT2D eigenvalue weighted by Gasteiger charge is -2.21. The van der Waals surface area contributed by atoms with Crippen LogP contribution in [0.3, 0.4) is 0 Å². The summed E-state index contributed by atoms with van der Waals surface area (Å²) in [5.41, 5.74) is 4.26. The molecule has 5 heteroatoms. The lowest BCUT2D eigenvalue weighted by molar-refractivity contribution is 0.102. The van der Waals surface area contributed by atoms with E-state index in [2.05, 4.69) is 5.32 Å². The Labute approximate surface area is 192 Å². The van der Waals surface area contributed by atoms with Gasteiger partial charge in [-0.15, -0.1) is 0 Å². The second kappa shape index (κ2) is 9.25.